The molecule has 0 saturated carbocycles. The molecule has 1 rings (SSSR count). The molecule has 5 nitrogen and oxygen atoms in total. The van der Waals surface area contributed by atoms with E-state index in [1.165, 1.54) is 6.07 Å². The number of nitrogens with two attached hydrogens (primary N) is 1. The Labute approximate surface area is 115 Å². The number of aryl methyl sites for hydroxylation is 1. The first-order chi connectivity index (χ1) is 8.56. The summed E-state index contributed by atoms with van der Waals surface area (Å²) in [6, 6.07) is 4.89. The first-order valence-electron chi connectivity index (χ1n) is 6.09. The number of nitrogens with zero attached hydrogens (tertiary/aromatic N) is 1. The molecule has 0 aliphatic rings. The van der Waals surface area contributed by atoms with Crippen molar-refractivity contribution in [1.29, 1.82) is 0 Å². The second-order valence-electron chi connectivity index (χ2n) is 5.56. The van der Waals surface area contributed by atoms with E-state index < -0.39 is 10.0 Å². The van der Waals surface area contributed by atoms with Gasteiger partial charge >= 0.3 is 0 Å². The van der Waals surface area contributed by atoms with Crippen molar-refractivity contribution in [2.45, 2.75) is 31.2 Å². The van der Waals surface area contributed by atoms with Gasteiger partial charge in [0.15, 0.2) is 0 Å². The number of sulfonamides is 1. The standard InChI is InChI=1S/C13H23N3O2S/c1-10-6-7-11(14)8-12(10)19(17,18)15-9-13(2,3)16(4)5/h6-8,15H,9,14H2,1-5H3. The highest BCUT2D eigenvalue weighted by atomic mass is 32.2. The Morgan fingerprint density at radius 3 is 2.42 bits per heavy atom. The summed E-state index contributed by atoms with van der Waals surface area (Å²) in [7, 11) is 0.297. The SMILES string of the molecule is Cc1ccc(N)cc1S(=O)(=O)NCC(C)(C)N(C)C. The predicted molar refractivity (Wildman–Crippen MR) is 78.5 cm³/mol. The van der Waals surface area contributed by atoms with Crippen LogP contribution in [0.25, 0.3) is 0 Å². The number of likely N-dealkylation sites (N-methyl/N-ethyl adjacent to an activating group) is 1. The Morgan fingerprint density at radius 2 is 1.89 bits per heavy atom. The monoisotopic (exact) mass is 285 g/mol. The summed E-state index contributed by atoms with van der Waals surface area (Å²) in [4.78, 5) is 2.21. The third-order valence-corrected chi connectivity index (χ3v) is 4.95. The van der Waals surface area contributed by atoms with Crippen molar-refractivity contribution in [3.63, 3.8) is 0 Å². The number of benzene rings is 1. The lowest BCUT2D eigenvalue weighted by atomic mass is 10.1. The first kappa shape index (κ1) is 15.9. The van der Waals surface area contributed by atoms with E-state index in [2.05, 4.69) is 4.72 Å². The molecule has 0 aliphatic carbocycles. The summed E-state index contributed by atoms with van der Waals surface area (Å²) in [6.07, 6.45) is 0. The Balaban J connectivity index is 2.97. The van der Waals surface area contributed by atoms with Crippen LogP contribution in [0.4, 0.5) is 5.69 Å². The van der Waals surface area contributed by atoms with E-state index in [1.54, 1.807) is 19.1 Å². The molecular formula is C13H23N3O2S. The number of nitrogens with one attached hydrogen (secondary N) is 1. The molecule has 0 spiro atoms. The molecule has 0 fully saturated rings. The number of anilines is 1. The van der Waals surface area contributed by atoms with Gasteiger partial charge < -0.3 is 10.6 Å². The van der Waals surface area contributed by atoms with Crippen molar-refractivity contribution >= 4 is 15.7 Å². The van der Waals surface area contributed by atoms with Crippen molar-refractivity contribution in [3.05, 3.63) is 23.8 Å². The molecule has 3 N–H and O–H groups in total. The van der Waals surface area contributed by atoms with E-state index in [1.807, 2.05) is 32.8 Å². The zero-order chi connectivity index (χ0) is 14.8. The molecule has 108 valence electrons. The number of rotatable bonds is 5. The Hall–Kier alpha value is -1.11. The summed E-state index contributed by atoms with van der Waals surface area (Å²) >= 11 is 0. The van der Waals surface area contributed by atoms with Gasteiger partial charge in [0.2, 0.25) is 10.0 Å². The van der Waals surface area contributed by atoms with Gasteiger partial charge in [0.25, 0.3) is 0 Å². The second-order valence-corrected chi connectivity index (χ2v) is 7.29. The van der Waals surface area contributed by atoms with Gasteiger partial charge in [0.1, 0.15) is 0 Å². The van der Waals surface area contributed by atoms with Crippen LogP contribution in [-0.2, 0) is 10.0 Å². The molecule has 6 heteroatoms. The van der Waals surface area contributed by atoms with Crippen LogP contribution in [0.15, 0.2) is 23.1 Å². The molecule has 1 aromatic carbocycles. The van der Waals surface area contributed by atoms with Gasteiger partial charge in [-0.05, 0) is 52.6 Å². The average Bonchev–Trinajstić information content (AvgIpc) is 2.30. The zero-order valence-electron chi connectivity index (χ0n) is 12.2. The third-order valence-electron chi connectivity index (χ3n) is 3.41. The van der Waals surface area contributed by atoms with Crippen LogP contribution in [0.1, 0.15) is 19.4 Å². The predicted octanol–water partition coefficient (Wildman–Crippen LogP) is 1.20. The largest absolute Gasteiger partial charge is 0.399 e. The van der Waals surface area contributed by atoms with Gasteiger partial charge in [-0.1, -0.05) is 6.07 Å². The van der Waals surface area contributed by atoms with E-state index in [-0.39, 0.29) is 10.4 Å². The molecule has 0 saturated heterocycles. The van der Waals surface area contributed by atoms with Gasteiger partial charge in [-0.3, -0.25) is 0 Å². The molecule has 19 heavy (non-hydrogen) atoms. The fourth-order valence-corrected chi connectivity index (χ4v) is 2.90. The normalized spacial score (nSPS) is 12.9. The summed E-state index contributed by atoms with van der Waals surface area (Å²) in [5.41, 5.74) is 6.52. The summed E-state index contributed by atoms with van der Waals surface area (Å²) < 4.78 is 27.2. The van der Waals surface area contributed by atoms with Crippen LogP contribution in [0, 0.1) is 6.92 Å². The molecule has 0 heterocycles. The van der Waals surface area contributed by atoms with Crippen LogP contribution in [0.5, 0.6) is 0 Å². The Bertz CT molecular complexity index is 551. The smallest absolute Gasteiger partial charge is 0.240 e. The fraction of sp³-hybridized carbons (Fsp3) is 0.538. The van der Waals surface area contributed by atoms with Gasteiger partial charge in [-0.15, -0.1) is 0 Å². The molecule has 1 aromatic rings. The molecule has 0 radical (unpaired) electrons. The van der Waals surface area contributed by atoms with E-state index in [0.717, 1.165) is 0 Å². The first-order valence-corrected chi connectivity index (χ1v) is 7.58. The van der Waals surface area contributed by atoms with Crippen LogP contribution in [0.2, 0.25) is 0 Å². The Morgan fingerprint density at radius 1 is 1.32 bits per heavy atom. The van der Waals surface area contributed by atoms with Gasteiger partial charge in [0.05, 0.1) is 4.90 Å². The summed E-state index contributed by atoms with van der Waals surface area (Å²) in [5.74, 6) is 0. The average molecular weight is 285 g/mol. The van der Waals surface area contributed by atoms with E-state index in [9.17, 15) is 8.42 Å². The molecule has 0 bridgehead atoms. The minimum atomic E-state index is -3.54. The van der Waals surface area contributed by atoms with Gasteiger partial charge in [-0.25, -0.2) is 13.1 Å². The van der Waals surface area contributed by atoms with Crippen LogP contribution >= 0.6 is 0 Å². The minimum absolute atomic E-state index is 0.238. The van der Waals surface area contributed by atoms with Crippen molar-refractivity contribution in [2.75, 3.05) is 26.4 Å². The molecule has 0 aliphatic heterocycles. The van der Waals surface area contributed by atoms with Crippen LogP contribution in [0.3, 0.4) is 0 Å². The maximum Gasteiger partial charge on any atom is 0.240 e. The Kier molecular flexibility index (Phi) is 4.60. The lowest BCUT2D eigenvalue weighted by Crippen LogP contribution is -2.48. The second kappa shape index (κ2) is 5.48. The lowest BCUT2D eigenvalue weighted by molar-refractivity contribution is 0.199. The van der Waals surface area contributed by atoms with E-state index in [4.69, 9.17) is 5.73 Å². The lowest BCUT2D eigenvalue weighted by Gasteiger charge is -2.32. The molecule has 0 atom stereocenters. The van der Waals surface area contributed by atoms with Crippen LogP contribution in [-0.4, -0.2) is 39.5 Å². The minimum Gasteiger partial charge on any atom is -0.399 e. The van der Waals surface area contributed by atoms with E-state index >= 15 is 0 Å². The van der Waals surface area contributed by atoms with Crippen molar-refractivity contribution in [1.82, 2.24) is 9.62 Å². The highest BCUT2D eigenvalue weighted by Crippen LogP contribution is 2.19. The number of nitrogen functional groups attached to an aromatic ring is 1. The van der Waals surface area contributed by atoms with Gasteiger partial charge in [-0.2, -0.15) is 0 Å². The molecular weight excluding hydrogens is 262 g/mol. The van der Waals surface area contributed by atoms with Crippen molar-refractivity contribution in [2.24, 2.45) is 0 Å². The molecule has 0 unspecified atom stereocenters. The van der Waals surface area contributed by atoms with Crippen molar-refractivity contribution < 1.29 is 8.42 Å². The summed E-state index contributed by atoms with van der Waals surface area (Å²) in [6.45, 7) is 6.03. The summed E-state index contributed by atoms with van der Waals surface area (Å²) in [5, 5.41) is 0. The maximum atomic E-state index is 12.3. The highest BCUT2D eigenvalue weighted by Gasteiger charge is 2.25. The van der Waals surface area contributed by atoms with Gasteiger partial charge in [0, 0.05) is 17.8 Å². The topological polar surface area (TPSA) is 75.4 Å². The zero-order valence-corrected chi connectivity index (χ0v) is 13.0. The van der Waals surface area contributed by atoms with Crippen LogP contribution < -0.4 is 10.5 Å². The third kappa shape index (κ3) is 3.92. The molecule has 0 amide bonds. The van der Waals surface area contributed by atoms with Crippen molar-refractivity contribution in [3.8, 4) is 0 Å². The maximum absolute atomic E-state index is 12.3. The fourth-order valence-electron chi connectivity index (χ4n) is 1.41. The number of hydrogen-bond acceptors (Lipinski definition) is 4. The quantitative estimate of drug-likeness (QED) is 0.797. The number of hydrogen-bond donors (Lipinski definition) is 2. The van der Waals surface area contributed by atoms with E-state index in [0.29, 0.717) is 17.8 Å². The molecule has 0 aromatic heterocycles. The highest BCUT2D eigenvalue weighted by molar-refractivity contribution is 7.89.